The average Bonchev–Trinajstić information content (AvgIpc) is 2.81. The fourth-order valence-electron chi connectivity index (χ4n) is 3.83. The third-order valence-electron chi connectivity index (χ3n) is 5.90. The van der Waals surface area contributed by atoms with Crippen LogP contribution in [0.1, 0.15) is 19.4 Å². The average molecular weight is 478 g/mol. The predicted octanol–water partition coefficient (Wildman–Crippen LogP) is 2.52. The monoisotopic (exact) mass is 477 g/mol. The van der Waals surface area contributed by atoms with Gasteiger partial charge in [0, 0.05) is 32.7 Å². The lowest BCUT2D eigenvalue weighted by molar-refractivity contribution is -0.135. The van der Waals surface area contributed by atoms with Crippen molar-refractivity contribution in [3.63, 3.8) is 0 Å². The SMILES string of the molecule is COc1ccc(CCN2CCN(C(=O)[C@@H](NS(=O)(=O)c3ccccc3F)C(C)C)CC2)cc1. The molecule has 1 heterocycles. The van der Waals surface area contributed by atoms with Crippen molar-refractivity contribution in [2.75, 3.05) is 39.8 Å². The summed E-state index contributed by atoms with van der Waals surface area (Å²) < 4.78 is 47.1. The maximum atomic E-state index is 14.0. The number of sulfonamides is 1. The number of carbonyl (C=O) groups is 1. The van der Waals surface area contributed by atoms with E-state index in [4.69, 9.17) is 4.74 Å². The minimum Gasteiger partial charge on any atom is -0.497 e. The predicted molar refractivity (Wildman–Crippen MR) is 125 cm³/mol. The number of piperazine rings is 1. The summed E-state index contributed by atoms with van der Waals surface area (Å²) in [5.74, 6) is -0.575. The van der Waals surface area contributed by atoms with E-state index in [1.54, 1.807) is 25.9 Å². The molecule has 9 heteroatoms. The Kier molecular flexibility index (Phi) is 8.45. The van der Waals surface area contributed by atoms with Crippen LogP contribution < -0.4 is 9.46 Å². The second-order valence-corrected chi connectivity index (χ2v) is 10.2. The highest BCUT2D eigenvalue weighted by molar-refractivity contribution is 7.89. The molecule has 0 spiro atoms. The molecular weight excluding hydrogens is 445 g/mol. The van der Waals surface area contributed by atoms with Gasteiger partial charge in [0.05, 0.1) is 7.11 Å². The molecule has 7 nitrogen and oxygen atoms in total. The molecular formula is C24H32FN3O4S. The van der Waals surface area contributed by atoms with Crippen LogP contribution in [0.25, 0.3) is 0 Å². The van der Waals surface area contributed by atoms with E-state index >= 15 is 0 Å². The van der Waals surface area contributed by atoms with Gasteiger partial charge in [0.15, 0.2) is 0 Å². The fourth-order valence-corrected chi connectivity index (χ4v) is 5.25. The highest BCUT2D eigenvalue weighted by Crippen LogP contribution is 2.18. The smallest absolute Gasteiger partial charge is 0.244 e. The Morgan fingerprint density at radius 1 is 1.06 bits per heavy atom. The Bertz CT molecular complexity index is 1040. The van der Waals surface area contributed by atoms with Crippen molar-refractivity contribution >= 4 is 15.9 Å². The molecule has 33 heavy (non-hydrogen) atoms. The molecule has 2 aromatic carbocycles. The number of carbonyl (C=O) groups excluding carboxylic acids is 1. The van der Waals surface area contributed by atoms with Crippen molar-refractivity contribution in [3.05, 3.63) is 59.9 Å². The minimum atomic E-state index is -4.17. The fraction of sp³-hybridized carbons (Fsp3) is 0.458. The Hall–Kier alpha value is -2.49. The van der Waals surface area contributed by atoms with Gasteiger partial charge in [-0.3, -0.25) is 9.69 Å². The van der Waals surface area contributed by atoms with E-state index in [2.05, 4.69) is 9.62 Å². The van der Waals surface area contributed by atoms with Gasteiger partial charge < -0.3 is 9.64 Å². The summed E-state index contributed by atoms with van der Waals surface area (Å²) in [4.78, 5) is 16.7. The van der Waals surface area contributed by atoms with Gasteiger partial charge in [0.2, 0.25) is 15.9 Å². The molecule has 1 saturated heterocycles. The Morgan fingerprint density at radius 2 is 1.70 bits per heavy atom. The van der Waals surface area contributed by atoms with Gasteiger partial charge in [-0.15, -0.1) is 0 Å². The van der Waals surface area contributed by atoms with Crippen LogP contribution in [0.5, 0.6) is 5.75 Å². The van der Waals surface area contributed by atoms with Crippen LogP contribution in [0, 0.1) is 11.7 Å². The highest BCUT2D eigenvalue weighted by atomic mass is 32.2. The lowest BCUT2D eigenvalue weighted by Gasteiger charge is -2.37. The van der Waals surface area contributed by atoms with Crippen LogP contribution in [0.15, 0.2) is 53.4 Å². The highest BCUT2D eigenvalue weighted by Gasteiger charge is 2.33. The van der Waals surface area contributed by atoms with Crippen molar-refractivity contribution in [1.82, 2.24) is 14.5 Å². The number of nitrogens with one attached hydrogen (secondary N) is 1. The summed E-state index contributed by atoms with van der Waals surface area (Å²) >= 11 is 0. The molecule has 1 amide bonds. The summed E-state index contributed by atoms with van der Waals surface area (Å²) in [5, 5.41) is 0. The second kappa shape index (κ2) is 11.1. The number of ether oxygens (including phenoxy) is 1. The molecule has 1 fully saturated rings. The summed E-state index contributed by atoms with van der Waals surface area (Å²) in [6.07, 6.45) is 0.898. The van der Waals surface area contributed by atoms with Gasteiger partial charge >= 0.3 is 0 Å². The summed E-state index contributed by atoms with van der Waals surface area (Å²) in [6.45, 7) is 6.90. The molecule has 1 aliphatic heterocycles. The van der Waals surface area contributed by atoms with Crippen molar-refractivity contribution < 1.29 is 22.3 Å². The first kappa shape index (κ1) is 25.1. The van der Waals surface area contributed by atoms with Crippen LogP contribution in [0.2, 0.25) is 0 Å². The van der Waals surface area contributed by atoms with Gasteiger partial charge in [0.1, 0.15) is 22.5 Å². The van der Waals surface area contributed by atoms with Crippen LogP contribution in [-0.2, 0) is 21.2 Å². The molecule has 0 bridgehead atoms. The lowest BCUT2D eigenvalue weighted by Crippen LogP contribution is -2.56. The summed E-state index contributed by atoms with van der Waals surface area (Å²) in [6, 6.07) is 12.2. The van der Waals surface area contributed by atoms with E-state index in [-0.39, 0.29) is 11.8 Å². The zero-order valence-corrected chi connectivity index (χ0v) is 20.1. The number of rotatable bonds is 9. The van der Waals surface area contributed by atoms with Crippen LogP contribution in [-0.4, -0.2) is 70.0 Å². The molecule has 1 aliphatic rings. The van der Waals surface area contributed by atoms with Gasteiger partial charge in [-0.1, -0.05) is 38.1 Å². The summed E-state index contributed by atoms with van der Waals surface area (Å²) in [7, 11) is -2.52. The molecule has 1 atom stereocenters. The van der Waals surface area contributed by atoms with Crippen LogP contribution in [0.3, 0.4) is 0 Å². The minimum absolute atomic E-state index is 0.278. The lowest BCUT2D eigenvalue weighted by atomic mass is 10.0. The van der Waals surface area contributed by atoms with Crippen molar-refractivity contribution in [2.45, 2.75) is 31.2 Å². The van der Waals surface area contributed by atoms with Crippen molar-refractivity contribution in [3.8, 4) is 5.75 Å². The maximum absolute atomic E-state index is 14.0. The Morgan fingerprint density at radius 3 is 2.27 bits per heavy atom. The van der Waals surface area contributed by atoms with Gasteiger partial charge in [-0.2, -0.15) is 4.72 Å². The van der Waals surface area contributed by atoms with Gasteiger partial charge in [0.25, 0.3) is 0 Å². The van der Waals surface area contributed by atoms with E-state index in [0.29, 0.717) is 26.2 Å². The maximum Gasteiger partial charge on any atom is 0.244 e. The van der Waals surface area contributed by atoms with Crippen molar-refractivity contribution in [2.24, 2.45) is 5.92 Å². The zero-order valence-electron chi connectivity index (χ0n) is 19.3. The second-order valence-electron chi connectivity index (χ2n) is 8.54. The first-order chi connectivity index (χ1) is 15.7. The third kappa shape index (κ3) is 6.52. The normalized spacial score (nSPS) is 16.1. The molecule has 0 unspecified atom stereocenters. The largest absolute Gasteiger partial charge is 0.497 e. The van der Waals surface area contributed by atoms with Crippen LogP contribution in [0.4, 0.5) is 4.39 Å². The Balaban J connectivity index is 1.56. The number of nitrogens with zero attached hydrogens (tertiary/aromatic N) is 2. The molecule has 1 N–H and O–H groups in total. The zero-order chi connectivity index (χ0) is 24.0. The number of amides is 1. The first-order valence-corrected chi connectivity index (χ1v) is 12.6. The van der Waals surface area contributed by atoms with Crippen LogP contribution >= 0.6 is 0 Å². The number of methoxy groups -OCH3 is 1. The number of halogens is 1. The molecule has 0 aromatic heterocycles. The van der Waals surface area contributed by atoms with E-state index in [0.717, 1.165) is 24.8 Å². The summed E-state index contributed by atoms with van der Waals surface area (Å²) in [5.41, 5.74) is 1.22. The van der Waals surface area contributed by atoms with Gasteiger partial charge in [-0.05, 0) is 42.2 Å². The topological polar surface area (TPSA) is 79.0 Å². The Labute approximate surface area is 195 Å². The van der Waals surface area contributed by atoms with E-state index in [1.807, 2.05) is 24.3 Å². The molecule has 3 rings (SSSR count). The molecule has 2 aromatic rings. The number of benzene rings is 2. The van der Waals surface area contributed by atoms with E-state index < -0.39 is 26.8 Å². The van der Waals surface area contributed by atoms with Gasteiger partial charge in [-0.25, -0.2) is 12.8 Å². The molecule has 0 aliphatic carbocycles. The molecule has 180 valence electrons. The quantitative estimate of drug-likeness (QED) is 0.601. The standard InChI is InChI=1S/C24H32FN3O4S/c1-18(2)23(26-33(30,31)22-7-5-4-6-21(22)25)24(29)28-16-14-27(15-17-28)13-12-19-8-10-20(32-3)11-9-19/h4-11,18,23,26H,12-17H2,1-3H3/t23-/m0/s1. The molecule has 0 radical (unpaired) electrons. The third-order valence-corrected chi connectivity index (χ3v) is 7.38. The molecule has 0 saturated carbocycles. The first-order valence-electron chi connectivity index (χ1n) is 11.1. The van der Waals surface area contributed by atoms with E-state index in [1.165, 1.54) is 23.8 Å². The number of hydrogen-bond donors (Lipinski definition) is 1. The van der Waals surface area contributed by atoms with Crippen molar-refractivity contribution in [1.29, 1.82) is 0 Å². The number of hydrogen-bond acceptors (Lipinski definition) is 5. The van der Waals surface area contributed by atoms with E-state index in [9.17, 15) is 17.6 Å².